The van der Waals surface area contributed by atoms with E-state index >= 15 is 0 Å². The zero-order valence-electron chi connectivity index (χ0n) is 9.25. The summed E-state index contributed by atoms with van der Waals surface area (Å²) in [6, 6.07) is 5.32. The molecule has 6 nitrogen and oxygen atoms in total. The van der Waals surface area contributed by atoms with Crippen LogP contribution in [-0.2, 0) is 0 Å². The van der Waals surface area contributed by atoms with Crippen molar-refractivity contribution in [3.8, 4) is 0 Å². The van der Waals surface area contributed by atoms with Crippen LogP contribution in [0.25, 0.3) is 11.0 Å². The Labute approximate surface area is 110 Å². The molecule has 8 heteroatoms. The van der Waals surface area contributed by atoms with Crippen LogP contribution in [0.4, 0.5) is 5.13 Å². The van der Waals surface area contributed by atoms with Crippen molar-refractivity contribution < 1.29 is 4.79 Å². The van der Waals surface area contributed by atoms with E-state index in [-0.39, 0.29) is 5.91 Å². The number of fused-ring (bicyclic) bond motifs is 1. The van der Waals surface area contributed by atoms with Crippen LogP contribution >= 0.6 is 23.1 Å². The van der Waals surface area contributed by atoms with Gasteiger partial charge in [0.1, 0.15) is 16.0 Å². The third kappa shape index (κ3) is 1.95. The highest BCUT2D eigenvalue weighted by Gasteiger charge is 2.14. The molecule has 0 saturated heterocycles. The Morgan fingerprint density at radius 2 is 2.17 bits per heavy atom. The molecule has 18 heavy (non-hydrogen) atoms. The Morgan fingerprint density at radius 3 is 2.94 bits per heavy atom. The molecule has 1 aromatic carbocycles. The number of carbonyl (C=O) groups is 1. The first-order chi connectivity index (χ1) is 8.74. The lowest BCUT2D eigenvalue weighted by Gasteiger charge is -2.00. The van der Waals surface area contributed by atoms with E-state index in [9.17, 15) is 4.79 Å². The Hall–Kier alpha value is -1.93. The molecular formula is C10H7N5OS2. The normalized spacial score (nSPS) is 10.7. The Balaban J connectivity index is 1.94. The molecule has 1 N–H and O–H groups in total. The zero-order chi connectivity index (χ0) is 12.5. The van der Waals surface area contributed by atoms with Crippen molar-refractivity contribution in [2.45, 2.75) is 6.92 Å². The fourth-order valence-electron chi connectivity index (χ4n) is 1.50. The summed E-state index contributed by atoms with van der Waals surface area (Å²) in [6.45, 7) is 1.83. The molecule has 2 heterocycles. The molecule has 2 aromatic heterocycles. The molecule has 0 bridgehead atoms. The van der Waals surface area contributed by atoms with Crippen molar-refractivity contribution in [3.63, 3.8) is 0 Å². The summed E-state index contributed by atoms with van der Waals surface area (Å²) in [4.78, 5) is 12.1. The molecular weight excluding hydrogens is 270 g/mol. The summed E-state index contributed by atoms with van der Waals surface area (Å²) in [5.74, 6) is -0.246. The number of amides is 1. The predicted molar refractivity (Wildman–Crippen MR) is 70.0 cm³/mol. The summed E-state index contributed by atoms with van der Waals surface area (Å²) in [7, 11) is 0. The van der Waals surface area contributed by atoms with Gasteiger partial charge in [-0.2, -0.15) is 8.75 Å². The van der Waals surface area contributed by atoms with Crippen molar-refractivity contribution in [2.75, 3.05) is 5.32 Å². The molecule has 0 aliphatic rings. The number of benzene rings is 1. The molecule has 0 fully saturated rings. The van der Waals surface area contributed by atoms with E-state index in [1.165, 1.54) is 11.3 Å². The SMILES string of the molecule is Cc1nnc(NC(=O)c2cccc3nsnc23)s1. The standard InChI is InChI=1S/C10H7N5OS2/c1-5-12-13-10(17-5)11-9(16)6-3-2-4-7-8(6)15-18-14-7/h2-4H,1H3,(H,11,13,16). The average molecular weight is 277 g/mol. The van der Waals surface area contributed by atoms with Gasteiger partial charge >= 0.3 is 0 Å². The van der Waals surface area contributed by atoms with Gasteiger partial charge < -0.3 is 0 Å². The minimum Gasteiger partial charge on any atom is -0.296 e. The summed E-state index contributed by atoms with van der Waals surface area (Å²) in [5.41, 5.74) is 1.83. The van der Waals surface area contributed by atoms with Gasteiger partial charge in [-0.3, -0.25) is 10.1 Å². The minimum atomic E-state index is -0.246. The summed E-state index contributed by atoms with van der Waals surface area (Å²) in [5, 5.41) is 11.7. The molecule has 0 unspecified atom stereocenters. The van der Waals surface area contributed by atoms with Gasteiger partial charge in [-0.1, -0.05) is 17.4 Å². The average Bonchev–Trinajstić information content (AvgIpc) is 2.97. The number of aromatic nitrogens is 4. The van der Waals surface area contributed by atoms with Gasteiger partial charge in [0.15, 0.2) is 0 Å². The molecule has 0 aliphatic carbocycles. The van der Waals surface area contributed by atoms with Crippen LogP contribution < -0.4 is 5.32 Å². The van der Waals surface area contributed by atoms with Crippen molar-refractivity contribution in [3.05, 3.63) is 28.8 Å². The van der Waals surface area contributed by atoms with E-state index in [2.05, 4.69) is 24.3 Å². The van der Waals surface area contributed by atoms with Crippen molar-refractivity contribution in [1.29, 1.82) is 0 Å². The number of rotatable bonds is 2. The summed E-state index contributed by atoms with van der Waals surface area (Å²) < 4.78 is 8.22. The monoisotopic (exact) mass is 277 g/mol. The van der Waals surface area contributed by atoms with E-state index in [0.29, 0.717) is 16.2 Å². The summed E-state index contributed by atoms with van der Waals surface area (Å²) in [6.07, 6.45) is 0. The second kappa shape index (κ2) is 4.39. The Morgan fingerprint density at radius 1 is 1.28 bits per heavy atom. The van der Waals surface area contributed by atoms with E-state index < -0.39 is 0 Å². The van der Waals surface area contributed by atoms with Crippen LogP contribution in [0, 0.1) is 6.92 Å². The predicted octanol–water partition coefficient (Wildman–Crippen LogP) is 2.10. The molecule has 0 aliphatic heterocycles. The second-order valence-corrected chi connectivity index (χ2v) is 5.23. The van der Waals surface area contributed by atoms with Gasteiger partial charge in [-0.25, -0.2) is 0 Å². The number of carbonyl (C=O) groups excluding carboxylic acids is 1. The Bertz CT molecular complexity index is 720. The van der Waals surface area contributed by atoms with Crippen molar-refractivity contribution >= 4 is 45.1 Å². The first-order valence-electron chi connectivity index (χ1n) is 5.07. The van der Waals surface area contributed by atoms with Crippen LogP contribution in [-0.4, -0.2) is 24.9 Å². The highest BCUT2D eigenvalue weighted by Crippen LogP contribution is 2.19. The number of anilines is 1. The molecule has 0 spiro atoms. The molecule has 90 valence electrons. The molecule has 0 radical (unpaired) electrons. The fourth-order valence-corrected chi connectivity index (χ4v) is 2.64. The largest absolute Gasteiger partial charge is 0.296 e. The van der Waals surface area contributed by atoms with Gasteiger partial charge in [0.25, 0.3) is 5.91 Å². The van der Waals surface area contributed by atoms with E-state index in [1.54, 1.807) is 12.1 Å². The number of nitrogens with zero attached hydrogens (tertiary/aromatic N) is 4. The molecule has 3 rings (SSSR count). The number of aryl methyl sites for hydroxylation is 1. The van der Waals surface area contributed by atoms with Gasteiger partial charge in [0.05, 0.1) is 17.3 Å². The van der Waals surface area contributed by atoms with Crippen LogP contribution in [0.1, 0.15) is 15.4 Å². The topological polar surface area (TPSA) is 80.7 Å². The second-order valence-electron chi connectivity index (χ2n) is 3.52. The molecule has 3 aromatic rings. The highest BCUT2D eigenvalue weighted by molar-refractivity contribution is 7.15. The molecule has 0 atom stereocenters. The van der Waals surface area contributed by atoms with E-state index in [4.69, 9.17) is 0 Å². The van der Waals surface area contributed by atoms with Gasteiger partial charge in [-0.15, -0.1) is 10.2 Å². The fraction of sp³-hybridized carbons (Fsp3) is 0.100. The van der Waals surface area contributed by atoms with Crippen LogP contribution in [0.15, 0.2) is 18.2 Å². The third-order valence-corrected chi connectivity index (χ3v) is 3.57. The van der Waals surface area contributed by atoms with E-state index in [0.717, 1.165) is 22.3 Å². The van der Waals surface area contributed by atoms with Gasteiger partial charge in [0.2, 0.25) is 5.13 Å². The minimum absolute atomic E-state index is 0.246. The molecule has 0 saturated carbocycles. The maximum absolute atomic E-state index is 12.1. The lowest BCUT2D eigenvalue weighted by Crippen LogP contribution is -2.12. The first-order valence-corrected chi connectivity index (χ1v) is 6.61. The highest BCUT2D eigenvalue weighted by atomic mass is 32.1. The van der Waals surface area contributed by atoms with Crippen LogP contribution in [0.5, 0.6) is 0 Å². The van der Waals surface area contributed by atoms with Crippen molar-refractivity contribution in [1.82, 2.24) is 18.9 Å². The quantitative estimate of drug-likeness (QED) is 0.776. The maximum atomic E-state index is 12.1. The van der Waals surface area contributed by atoms with Gasteiger partial charge in [-0.05, 0) is 19.1 Å². The number of hydrogen-bond donors (Lipinski definition) is 1. The number of nitrogens with one attached hydrogen (secondary N) is 1. The maximum Gasteiger partial charge on any atom is 0.259 e. The lowest BCUT2D eigenvalue weighted by atomic mass is 10.2. The third-order valence-electron chi connectivity index (χ3n) is 2.28. The first kappa shape index (κ1) is 11.2. The van der Waals surface area contributed by atoms with Crippen molar-refractivity contribution in [2.24, 2.45) is 0 Å². The van der Waals surface area contributed by atoms with Crippen LogP contribution in [0.3, 0.4) is 0 Å². The Kier molecular flexibility index (Phi) is 2.73. The van der Waals surface area contributed by atoms with Gasteiger partial charge in [0, 0.05) is 0 Å². The summed E-state index contributed by atoms with van der Waals surface area (Å²) >= 11 is 2.42. The molecule has 1 amide bonds. The zero-order valence-corrected chi connectivity index (χ0v) is 10.9. The van der Waals surface area contributed by atoms with E-state index in [1.807, 2.05) is 13.0 Å². The lowest BCUT2D eigenvalue weighted by molar-refractivity contribution is 0.102. The van der Waals surface area contributed by atoms with Crippen LogP contribution in [0.2, 0.25) is 0 Å². The number of hydrogen-bond acceptors (Lipinski definition) is 7. The smallest absolute Gasteiger partial charge is 0.259 e.